The number of hydrogen-bond acceptors (Lipinski definition) is 6. The minimum absolute atomic E-state index is 0.121. The molecule has 1 fully saturated rings. The number of fused-ring (bicyclic) bond motifs is 1. The molecule has 0 aliphatic carbocycles. The van der Waals surface area contributed by atoms with Gasteiger partial charge in [-0.15, -0.1) is 0 Å². The quantitative estimate of drug-likeness (QED) is 0.644. The Kier molecular flexibility index (Phi) is 6.32. The number of nitrogens with zero attached hydrogens (tertiary/aromatic N) is 2. The van der Waals surface area contributed by atoms with Crippen LogP contribution in [0.15, 0.2) is 42.5 Å². The third-order valence-corrected chi connectivity index (χ3v) is 5.93. The van der Waals surface area contributed by atoms with Crippen LogP contribution in [0, 0.1) is 0 Å². The van der Waals surface area contributed by atoms with Crippen LogP contribution in [0.4, 0.5) is 5.82 Å². The van der Waals surface area contributed by atoms with Gasteiger partial charge < -0.3 is 20.3 Å². The number of carboxylic acid groups (broad SMARTS) is 1. The lowest BCUT2D eigenvalue weighted by molar-refractivity contribution is -0.171. The molecule has 0 saturated carbocycles. The van der Waals surface area contributed by atoms with Crippen LogP contribution in [0.3, 0.4) is 0 Å². The van der Waals surface area contributed by atoms with Crippen LogP contribution in [0.1, 0.15) is 36.1 Å². The van der Waals surface area contributed by atoms with Crippen molar-refractivity contribution in [1.29, 1.82) is 0 Å². The van der Waals surface area contributed by atoms with E-state index in [1.807, 2.05) is 0 Å². The van der Waals surface area contributed by atoms with Crippen molar-refractivity contribution in [2.45, 2.75) is 43.9 Å². The predicted octanol–water partition coefficient (Wildman–Crippen LogP) is 2.39. The summed E-state index contributed by atoms with van der Waals surface area (Å²) in [6.45, 7) is 3.07. The van der Waals surface area contributed by atoms with E-state index in [2.05, 4.69) is 22.3 Å². The second-order valence-corrected chi connectivity index (χ2v) is 8.18. The zero-order chi connectivity index (χ0) is 21.0. The van der Waals surface area contributed by atoms with Crippen molar-refractivity contribution >= 4 is 11.8 Å². The Bertz CT molecular complexity index is 876. The highest BCUT2D eigenvalue weighted by atomic mass is 16.5. The minimum Gasteiger partial charge on any atom is -0.479 e. The summed E-state index contributed by atoms with van der Waals surface area (Å²) in [5, 5.41) is 23.7. The number of ether oxygens (including phenoxy) is 1. The average Bonchev–Trinajstić information content (AvgIpc) is 2.78. The minimum atomic E-state index is -2.05. The van der Waals surface area contributed by atoms with Gasteiger partial charge in [-0.05, 0) is 49.4 Å². The number of aliphatic carboxylic acids is 1. The fourth-order valence-corrected chi connectivity index (χ4v) is 4.20. The van der Waals surface area contributed by atoms with E-state index in [4.69, 9.17) is 9.72 Å². The number of aryl methyl sites for hydroxylation is 1. The number of hydrogen-bond donors (Lipinski definition) is 3. The van der Waals surface area contributed by atoms with E-state index in [1.54, 1.807) is 30.3 Å². The normalized spacial score (nSPS) is 21.3. The molecule has 1 aromatic carbocycles. The molecule has 3 heterocycles. The first-order valence-corrected chi connectivity index (χ1v) is 10.6. The first kappa shape index (κ1) is 20.8. The van der Waals surface area contributed by atoms with Crippen LogP contribution in [-0.2, 0) is 28.1 Å². The summed E-state index contributed by atoms with van der Waals surface area (Å²) in [5.74, 6) is -0.301. The van der Waals surface area contributed by atoms with E-state index in [0.717, 1.165) is 56.8 Å². The molecule has 1 saturated heterocycles. The second-order valence-electron chi connectivity index (χ2n) is 8.18. The maximum absolute atomic E-state index is 11.8. The Morgan fingerprint density at radius 3 is 2.87 bits per heavy atom. The Hall–Kier alpha value is -2.48. The van der Waals surface area contributed by atoms with Crippen LogP contribution in [-0.4, -0.2) is 58.4 Å². The van der Waals surface area contributed by atoms with E-state index < -0.39 is 11.6 Å². The molecule has 0 unspecified atom stereocenters. The molecule has 7 heteroatoms. The van der Waals surface area contributed by atoms with Crippen molar-refractivity contribution in [2.24, 2.45) is 0 Å². The molecule has 30 heavy (non-hydrogen) atoms. The fraction of sp³-hybridized carbons (Fsp3) is 0.478. The van der Waals surface area contributed by atoms with Crippen molar-refractivity contribution < 1.29 is 19.7 Å². The highest BCUT2D eigenvalue weighted by Gasteiger charge is 2.39. The summed E-state index contributed by atoms with van der Waals surface area (Å²) in [6, 6.07) is 12.7. The van der Waals surface area contributed by atoms with Crippen LogP contribution < -0.4 is 5.32 Å². The molecule has 0 amide bonds. The molecule has 160 valence electrons. The fourth-order valence-electron chi connectivity index (χ4n) is 4.20. The van der Waals surface area contributed by atoms with Gasteiger partial charge in [-0.3, -0.25) is 4.90 Å². The number of benzene rings is 1. The van der Waals surface area contributed by atoms with Gasteiger partial charge in [0.1, 0.15) is 5.82 Å². The lowest BCUT2D eigenvalue weighted by Gasteiger charge is -2.34. The number of piperidine rings is 1. The molecule has 3 N–H and O–H groups in total. The number of carbonyl (C=O) groups is 1. The van der Waals surface area contributed by atoms with Gasteiger partial charge in [0.15, 0.2) is 0 Å². The summed E-state index contributed by atoms with van der Waals surface area (Å²) in [5.41, 5.74) is 0.583. The third-order valence-electron chi connectivity index (χ3n) is 5.93. The van der Waals surface area contributed by atoms with E-state index >= 15 is 0 Å². The number of nitrogens with one attached hydrogen (secondary N) is 1. The molecule has 2 atom stereocenters. The number of likely N-dealkylation sites (tertiary alicyclic amines) is 1. The van der Waals surface area contributed by atoms with Gasteiger partial charge in [0.25, 0.3) is 0 Å². The summed E-state index contributed by atoms with van der Waals surface area (Å²) < 4.78 is 5.92. The molecule has 4 rings (SSSR count). The summed E-state index contributed by atoms with van der Waals surface area (Å²) in [4.78, 5) is 18.8. The molecule has 2 aromatic rings. The third kappa shape index (κ3) is 4.64. The van der Waals surface area contributed by atoms with Gasteiger partial charge in [0.2, 0.25) is 5.60 Å². The Morgan fingerprint density at radius 1 is 1.23 bits per heavy atom. The maximum atomic E-state index is 11.8. The van der Waals surface area contributed by atoms with E-state index in [9.17, 15) is 15.0 Å². The van der Waals surface area contributed by atoms with Gasteiger partial charge >= 0.3 is 5.97 Å². The number of pyridine rings is 1. The highest BCUT2D eigenvalue weighted by molar-refractivity contribution is 5.79. The molecule has 0 spiro atoms. The molecule has 0 radical (unpaired) electrons. The molecule has 2 aliphatic rings. The molecular weight excluding hydrogens is 382 g/mol. The topological polar surface area (TPSA) is 94.9 Å². The largest absolute Gasteiger partial charge is 0.479 e. The van der Waals surface area contributed by atoms with Crippen molar-refractivity contribution in [1.82, 2.24) is 9.88 Å². The zero-order valence-corrected chi connectivity index (χ0v) is 17.1. The molecule has 7 nitrogen and oxygen atoms in total. The van der Waals surface area contributed by atoms with Gasteiger partial charge in [0, 0.05) is 19.6 Å². The second kappa shape index (κ2) is 9.12. The monoisotopic (exact) mass is 411 g/mol. The maximum Gasteiger partial charge on any atom is 0.342 e. The van der Waals surface area contributed by atoms with Gasteiger partial charge in [-0.1, -0.05) is 36.4 Å². The van der Waals surface area contributed by atoms with Gasteiger partial charge in [-0.2, -0.15) is 0 Å². The summed E-state index contributed by atoms with van der Waals surface area (Å²) >= 11 is 0. The molecule has 0 bridgehead atoms. The Labute approximate surface area is 176 Å². The molecule has 1 aromatic heterocycles. The predicted molar refractivity (Wildman–Crippen MR) is 113 cm³/mol. The SMILES string of the molecule is O=C(O)[C@@](O)(CO[C@@H]1CCCN(Cc2ccc3c(n2)NCCC3)C1)c1ccccc1. The number of aliphatic hydroxyl groups is 1. The van der Waals surface area contributed by atoms with Crippen molar-refractivity contribution in [3.8, 4) is 0 Å². The molecular formula is C23H29N3O4. The van der Waals surface area contributed by atoms with Crippen LogP contribution in [0.25, 0.3) is 0 Å². The Balaban J connectivity index is 1.36. The average molecular weight is 412 g/mol. The van der Waals surface area contributed by atoms with Crippen LogP contribution >= 0.6 is 0 Å². The number of carboxylic acids is 1. The number of anilines is 1. The van der Waals surface area contributed by atoms with E-state index in [1.165, 1.54) is 5.56 Å². The van der Waals surface area contributed by atoms with Crippen LogP contribution in [0.2, 0.25) is 0 Å². The highest BCUT2D eigenvalue weighted by Crippen LogP contribution is 2.25. The first-order chi connectivity index (χ1) is 14.5. The summed E-state index contributed by atoms with van der Waals surface area (Å²) in [7, 11) is 0. The Morgan fingerprint density at radius 2 is 2.07 bits per heavy atom. The van der Waals surface area contributed by atoms with Crippen molar-refractivity contribution in [3.05, 3.63) is 59.3 Å². The van der Waals surface area contributed by atoms with Crippen molar-refractivity contribution in [2.75, 3.05) is 31.6 Å². The lowest BCUT2D eigenvalue weighted by Crippen LogP contribution is -2.45. The lowest BCUT2D eigenvalue weighted by atomic mass is 9.95. The van der Waals surface area contributed by atoms with E-state index in [-0.39, 0.29) is 12.7 Å². The van der Waals surface area contributed by atoms with E-state index in [0.29, 0.717) is 12.1 Å². The van der Waals surface area contributed by atoms with Gasteiger partial charge in [0.05, 0.1) is 18.4 Å². The number of rotatable bonds is 7. The smallest absolute Gasteiger partial charge is 0.342 e. The van der Waals surface area contributed by atoms with Crippen molar-refractivity contribution in [3.63, 3.8) is 0 Å². The summed E-state index contributed by atoms with van der Waals surface area (Å²) in [6.07, 6.45) is 3.91. The van der Waals surface area contributed by atoms with Gasteiger partial charge in [-0.25, -0.2) is 9.78 Å². The zero-order valence-electron chi connectivity index (χ0n) is 17.1. The standard InChI is InChI=1S/C23H29N3O4/c27-22(28)23(29,18-7-2-1-3-8-18)16-30-20-9-5-13-26(15-20)14-19-11-10-17-6-4-12-24-21(17)25-19/h1-3,7-8,10-11,20,29H,4-6,9,12-16H2,(H,24,25)(H,27,28)/t20-,23-/m1/s1. The number of aromatic nitrogens is 1. The molecule has 2 aliphatic heterocycles. The van der Waals surface area contributed by atoms with Crippen LogP contribution in [0.5, 0.6) is 0 Å². The first-order valence-electron chi connectivity index (χ1n) is 10.6.